The Labute approximate surface area is 79.3 Å². The molecule has 0 aromatic carbocycles. The summed E-state index contributed by atoms with van der Waals surface area (Å²) in [5.74, 6) is 0. The molecule has 0 aliphatic carbocycles. The zero-order valence-electron chi connectivity index (χ0n) is 8.57. The van der Waals surface area contributed by atoms with Crippen molar-refractivity contribution in [2.75, 3.05) is 20.9 Å². The van der Waals surface area contributed by atoms with Gasteiger partial charge in [0.2, 0.25) is 0 Å². The summed E-state index contributed by atoms with van der Waals surface area (Å²) in [4.78, 5) is 0. The van der Waals surface area contributed by atoms with E-state index < -0.39 is 7.72 Å². The van der Waals surface area contributed by atoms with Crippen molar-refractivity contribution in [1.29, 1.82) is 0 Å². The Morgan fingerprint density at radius 1 is 1.46 bits per heavy atom. The first-order valence-corrected chi connectivity index (χ1v) is 6.71. The van der Waals surface area contributed by atoms with Gasteiger partial charge in [0, 0.05) is 0 Å². The number of rotatable bonds is 4. The van der Waals surface area contributed by atoms with Gasteiger partial charge in [-0.2, -0.15) is 0 Å². The minimum absolute atomic E-state index is 0.830. The Morgan fingerprint density at radius 3 is 2.46 bits per heavy atom. The molecule has 1 heterocycles. The Hall–Kier alpha value is -0.440. The summed E-state index contributed by atoms with van der Waals surface area (Å²) >= 11 is 0. The van der Waals surface area contributed by atoms with Crippen molar-refractivity contribution in [3.8, 4) is 0 Å². The van der Waals surface area contributed by atoms with Crippen LogP contribution in [0.2, 0.25) is 0 Å². The number of aromatic nitrogens is 2. The maximum atomic E-state index is 5.39. The van der Waals surface area contributed by atoms with E-state index in [1.165, 1.54) is 0 Å². The summed E-state index contributed by atoms with van der Waals surface area (Å²) in [6.45, 7) is 2.04. The van der Waals surface area contributed by atoms with Crippen molar-refractivity contribution in [2.24, 2.45) is 7.05 Å². The molecule has 5 heteroatoms. The van der Waals surface area contributed by atoms with Crippen LogP contribution in [0.15, 0.2) is 12.3 Å². The molecule has 0 N–H and O–H groups in total. The van der Waals surface area contributed by atoms with Gasteiger partial charge in [0.15, 0.2) is 0 Å². The van der Waals surface area contributed by atoms with Gasteiger partial charge in [-0.3, -0.25) is 0 Å². The monoisotopic (exact) mass is 204 g/mol. The topological polar surface area (TPSA) is 36.3 Å². The van der Waals surface area contributed by atoms with Gasteiger partial charge in [0.05, 0.1) is 0 Å². The van der Waals surface area contributed by atoms with Crippen molar-refractivity contribution in [2.45, 2.75) is 6.16 Å². The molecule has 1 rings (SSSR count). The van der Waals surface area contributed by atoms with E-state index in [1.54, 1.807) is 20.4 Å². The molecule has 0 unspecified atom stereocenters. The van der Waals surface area contributed by atoms with Gasteiger partial charge in [0.1, 0.15) is 0 Å². The Morgan fingerprint density at radius 2 is 2.08 bits per heavy atom. The Kier molecular flexibility index (Phi) is 3.42. The van der Waals surface area contributed by atoms with E-state index in [4.69, 9.17) is 9.05 Å². The molecule has 0 atom stereocenters. The molecule has 0 radical (unpaired) electrons. The Bertz CT molecular complexity index is 271. The molecule has 0 bridgehead atoms. The van der Waals surface area contributed by atoms with Gasteiger partial charge in [-0.1, -0.05) is 0 Å². The van der Waals surface area contributed by atoms with Crippen LogP contribution in [0.4, 0.5) is 0 Å². The van der Waals surface area contributed by atoms with Gasteiger partial charge < -0.3 is 0 Å². The fraction of sp³-hybridized carbons (Fsp3) is 0.625. The first-order chi connectivity index (χ1) is 6.11. The fourth-order valence-corrected chi connectivity index (χ4v) is 2.59. The van der Waals surface area contributed by atoms with Crippen LogP contribution in [0.25, 0.3) is 0 Å². The number of hydrogen-bond donors (Lipinski definition) is 0. The standard InChI is InChI=1S/C8H17N2O2P/c1-10-8(5-6-9-10)7-13(4,11-2)12-3/h5-6,13H,7H2,1-4H3. The van der Waals surface area contributed by atoms with Crippen LogP contribution in [0.3, 0.4) is 0 Å². The molecule has 76 valence electrons. The van der Waals surface area contributed by atoms with E-state index in [2.05, 4.69) is 5.10 Å². The van der Waals surface area contributed by atoms with E-state index in [-0.39, 0.29) is 0 Å². The maximum absolute atomic E-state index is 5.39. The molecule has 13 heavy (non-hydrogen) atoms. The van der Waals surface area contributed by atoms with Crippen molar-refractivity contribution in [1.82, 2.24) is 9.78 Å². The third-order valence-corrected chi connectivity index (χ3v) is 5.02. The average molecular weight is 204 g/mol. The summed E-state index contributed by atoms with van der Waals surface area (Å²) in [6, 6.07) is 1.99. The normalized spacial score (nSPS) is 13.2. The van der Waals surface area contributed by atoms with E-state index in [0.717, 1.165) is 11.9 Å². The molecule has 4 nitrogen and oxygen atoms in total. The van der Waals surface area contributed by atoms with Crippen LogP contribution in [0, 0.1) is 0 Å². The molecule has 0 saturated carbocycles. The average Bonchev–Trinajstić information content (AvgIpc) is 2.52. The van der Waals surface area contributed by atoms with Gasteiger partial charge in [-0.05, 0) is 0 Å². The first-order valence-electron chi connectivity index (χ1n) is 4.18. The number of aryl methyl sites for hydroxylation is 1. The minimum atomic E-state index is -1.99. The zero-order chi connectivity index (χ0) is 9.90. The quantitative estimate of drug-likeness (QED) is 0.696. The Balaban J connectivity index is 2.73. The molecule has 0 fully saturated rings. The second-order valence-corrected chi connectivity index (χ2v) is 6.60. The summed E-state index contributed by atoms with van der Waals surface area (Å²) in [6.07, 6.45) is 2.62. The van der Waals surface area contributed by atoms with Gasteiger partial charge >= 0.3 is 78.6 Å². The first kappa shape index (κ1) is 10.6. The summed E-state index contributed by atoms with van der Waals surface area (Å²) < 4.78 is 12.6. The van der Waals surface area contributed by atoms with Crippen molar-refractivity contribution in [3.63, 3.8) is 0 Å². The molecule has 0 aliphatic rings. The second kappa shape index (κ2) is 4.18. The molecule has 0 aliphatic heterocycles. The third kappa shape index (κ3) is 2.50. The van der Waals surface area contributed by atoms with Crippen LogP contribution >= 0.6 is 7.72 Å². The van der Waals surface area contributed by atoms with Crippen molar-refractivity contribution < 1.29 is 9.05 Å². The van der Waals surface area contributed by atoms with E-state index >= 15 is 0 Å². The van der Waals surface area contributed by atoms with Gasteiger partial charge in [-0.15, -0.1) is 0 Å². The van der Waals surface area contributed by atoms with E-state index in [0.29, 0.717) is 0 Å². The van der Waals surface area contributed by atoms with E-state index in [1.807, 2.05) is 24.5 Å². The van der Waals surface area contributed by atoms with Gasteiger partial charge in [0.25, 0.3) is 0 Å². The number of hydrogen-bond acceptors (Lipinski definition) is 3. The molecular weight excluding hydrogens is 187 g/mol. The summed E-state index contributed by atoms with van der Waals surface area (Å²) in [5.41, 5.74) is 1.15. The predicted molar refractivity (Wildman–Crippen MR) is 55.2 cm³/mol. The molecule has 0 saturated heterocycles. The molecule has 0 amide bonds. The molecule has 1 aromatic heterocycles. The molecular formula is C8H17N2O2P. The second-order valence-electron chi connectivity index (χ2n) is 3.16. The molecule has 1 aromatic rings. The SMILES string of the molecule is CO[PH](C)(Cc1ccnn1C)OC. The van der Waals surface area contributed by atoms with Crippen LogP contribution in [-0.2, 0) is 22.3 Å². The summed E-state index contributed by atoms with van der Waals surface area (Å²) in [7, 11) is 3.33. The third-order valence-electron chi connectivity index (χ3n) is 2.29. The predicted octanol–water partition coefficient (Wildman–Crippen LogP) is 1.42. The van der Waals surface area contributed by atoms with Gasteiger partial charge in [-0.25, -0.2) is 0 Å². The van der Waals surface area contributed by atoms with Crippen LogP contribution < -0.4 is 0 Å². The summed E-state index contributed by atoms with van der Waals surface area (Å²) in [5, 5.41) is 4.10. The van der Waals surface area contributed by atoms with Crippen LogP contribution in [0.1, 0.15) is 5.69 Å². The fourth-order valence-electron chi connectivity index (χ4n) is 1.13. The van der Waals surface area contributed by atoms with Crippen LogP contribution in [0.5, 0.6) is 0 Å². The van der Waals surface area contributed by atoms with Crippen molar-refractivity contribution >= 4 is 7.72 Å². The number of nitrogens with zero attached hydrogens (tertiary/aromatic N) is 2. The van der Waals surface area contributed by atoms with E-state index in [9.17, 15) is 0 Å². The van der Waals surface area contributed by atoms with Crippen molar-refractivity contribution in [3.05, 3.63) is 18.0 Å². The van der Waals surface area contributed by atoms with Crippen LogP contribution in [-0.4, -0.2) is 30.7 Å². The molecule has 0 spiro atoms. The zero-order valence-corrected chi connectivity index (χ0v) is 9.57.